The second-order valence-corrected chi connectivity index (χ2v) is 12.2. The van der Waals surface area contributed by atoms with Crippen LogP contribution in [0, 0.1) is 16.0 Å². The zero-order valence-corrected chi connectivity index (χ0v) is 24.3. The van der Waals surface area contributed by atoms with Crippen molar-refractivity contribution in [1.29, 1.82) is 0 Å². The molecule has 226 valence electrons. The van der Waals surface area contributed by atoms with Gasteiger partial charge in [0.05, 0.1) is 28.2 Å². The maximum absolute atomic E-state index is 13.9. The molecule has 5 rings (SSSR count). The summed E-state index contributed by atoms with van der Waals surface area (Å²) < 4.78 is 38.9. The van der Waals surface area contributed by atoms with Gasteiger partial charge in [0.25, 0.3) is 11.6 Å². The highest BCUT2D eigenvalue weighted by Gasteiger charge is 2.29. The molecule has 1 fully saturated rings. The number of methoxy groups -OCH3 is 1. The first-order valence-corrected chi connectivity index (χ1v) is 15.2. The molecule has 0 aliphatic carbocycles. The van der Waals surface area contributed by atoms with Crippen molar-refractivity contribution in [2.75, 3.05) is 45.2 Å². The molecule has 1 unspecified atom stereocenters. The van der Waals surface area contributed by atoms with E-state index in [9.17, 15) is 23.3 Å². The van der Waals surface area contributed by atoms with Crippen LogP contribution in [0.25, 0.3) is 11.0 Å². The highest BCUT2D eigenvalue weighted by Crippen LogP contribution is 2.38. The molecule has 0 radical (unpaired) electrons. The number of sulfone groups is 1. The molecule has 43 heavy (non-hydrogen) atoms. The standard InChI is InChI=1S/C29H32N6O7S/c1-41-13-12-34-11-3-4-19(18-34)16-32-24-8-7-22(15-25(24)35(37)38)43(39,40)26-6-2-5-23(28(30)36)27(26)42-21-14-20-9-10-31-29(20)33-17-21/h2,5-10,14-15,17,19,32H,3-4,11-13,16,18H2,1H3,(H2,30,36)(H,31,33). The molecule has 2 aromatic carbocycles. The van der Waals surface area contributed by atoms with Crippen molar-refractivity contribution in [3.05, 3.63) is 76.6 Å². The number of nitrogens with zero attached hydrogens (tertiary/aromatic N) is 3. The summed E-state index contributed by atoms with van der Waals surface area (Å²) in [6.45, 7) is 3.76. The number of nitrogens with two attached hydrogens (primary N) is 1. The van der Waals surface area contributed by atoms with E-state index in [1.54, 1.807) is 25.4 Å². The lowest BCUT2D eigenvalue weighted by Crippen LogP contribution is -2.39. The number of nitro benzene ring substituents is 1. The van der Waals surface area contributed by atoms with Gasteiger partial charge in [-0.2, -0.15) is 0 Å². The minimum Gasteiger partial charge on any atom is -0.453 e. The zero-order chi connectivity index (χ0) is 30.6. The molecule has 0 bridgehead atoms. The Bertz CT molecular complexity index is 1760. The third-order valence-corrected chi connectivity index (χ3v) is 9.18. The molecule has 2 aromatic heterocycles. The number of primary amides is 1. The first kappa shape index (κ1) is 29.9. The molecule has 1 atom stereocenters. The predicted molar refractivity (Wildman–Crippen MR) is 159 cm³/mol. The second kappa shape index (κ2) is 12.8. The smallest absolute Gasteiger partial charge is 0.293 e. The van der Waals surface area contributed by atoms with Gasteiger partial charge in [-0.1, -0.05) is 6.07 Å². The first-order valence-electron chi connectivity index (χ1n) is 13.7. The maximum atomic E-state index is 13.9. The largest absolute Gasteiger partial charge is 0.453 e. The van der Waals surface area contributed by atoms with Crippen LogP contribution in [0.15, 0.2) is 70.7 Å². The summed E-state index contributed by atoms with van der Waals surface area (Å²) in [5.41, 5.74) is 5.81. The number of aromatic nitrogens is 2. The van der Waals surface area contributed by atoms with Gasteiger partial charge in [-0.05, 0) is 61.7 Å². The number of nitrogens with one attached hydrogen (secondary N) is 2. The number of para-hydroxylation sites is 1. The van der Waals surface area contributed by atoms with Crippen LogP contribution < -0.4 is 15.8 Å². The minimum atomic E-state index is -4.41. The molecular formula is C29H32N6O7S. The monoisotopic (exact) mass is 608 g/mol. The van der Waals surface area contributed by atoms with Crippen LogP contribution in [0.1, 0.15) is 23.2 Å². The number of pyridine rings is 1. The Morgan fingerprint density at radius 2 is 2.09 bits per heavy atom. The minimum absolute atomic E-state index is 0.171. The van der Waals surface area contributed by atoms with Gasteiger partial charge in [0.15, 0.2) is 5.75 Å². The Hall–Kier alpha value is -4.53. The summed E-state index contributed by atoms with van der Waals surface area (Å²) >= 11 is 0. The number of nitro groups is 1. The summed E-state index contributed by atoms with van der Waals surface area (Å²) in [4.78, 5) is 32.5. The predicted octanol–water partition coefficient (Wildman–Crippen LogP) is 3.97. The van der Waals surface area contributed by atoms with E-state index < -0.39 is 20.7 Å². The number of carbonyl (C=O) groups excluding carboxylic acids is 1. The zero-order valence-electron chi connectivity index (χ0n) is 23.5. The van der Waals surface area contributed by atoms with Crippen LogP contribution in [-0.2, 0) is 14.6 Å². The van der Waals surface area contributed by atoms with Crippen LogP contribution in [0.5, 0.6) is 11.5 Å². The number of benzene rings is 2. The maximum Gasteiger partial charge on any atom is 0.293 e. The highest BCUT2D eigenvalue weighted by molar-refractivity contribution is 7.91. The van der Waals surface area contributed by atoms with Crippen molar-refractivity contribution >= 4 is 38.2 Å². The van der Waals surface area contributed by atoms with Crippen LogP contribution in [0.2, 0.25) is 0 Å². The quantitative estimate of drug-likeness (QED) is 0.157. The van der Waals surface area contributed by atoms with Crippen molar-refractivity contribution in [3.63, 3.8) is 0 Å². The Morgan fingerprint density at radius 1 is 1.26 bits per heavy atom. The third kappa shape index (κ3) is 6.61. The van der Waals surface area contributed by atoms with E-state index in [4.69, 9.17) is 15.2 Å². The summed E-state index contributed by atoms with van der Waals surface area (Å²) in [7, 11) is -2.75. The molecule has 1 aliphatic heterocycles. The first-order chi connectivity index (χ1) is 20.7. The lowest BCUT2D eigenvalue weighted by atomic mass is 9.98. The number of carbonyl (C=O) groups is 1. The van der Waals surface area contributed by atoms with E-state index in [0.717, 1.165) is 38.5 Å². The van der Waals surface area contributed by atoms with E-state index in [0.29, 0.717) is 24.2 Å². The topological polar surface area (TPSA) is 183 Å². The fourth-order valence-electron chi connectivity index (χ4n) is 5.22. The Morgan fingerprint density at radius 3 is 2.86 bits per heavy atom. The average Bonchev–Trinajstić information content (AvgIpc) is 3.47. The molecule has 0 saturated carbocycles. The molecular weight excluding hydrogens is 576 g/mol. The van der Waals surface area contributed by atoms with Crippen LogP contribution >= 0.6 is 0 Å². The number of amides is 1. The highest BCUT2D eigenvalue weighted by atomic mass is 32.2. The number of rotatable bonds is 12. The number of H-pyrrole nitrogens is 1. The van der Waals surface area contributed by atoms with Gasteiger partial charge in [-0.15, -0.1) is 0 Å². The van der Waals surface area contributed by atoms with Crippen LogP contribution in [-0.4, -0.2) is 74.0 Å². The number of likely N-dealkylation sites (tertiary alicyclic amines) is 1. The van der Waals surface area contributed by atoms with Gasteiger partial charge in [-0.3, -0.25) is 14.9 Å². The van der Waals surface area contributed by atoms with E-state index in [-0.39, 0.29) is 44.1 Å². The molecule has 1 amide bonds. The lowest BCUT2D eigenvalue weighted by Gasteiger charge is -2.32. The molecule has 4 N–H and O–H groups in total. The van der Waals surface area contributed by atoms with Crippen molar-refractivity contribution in [2.45, 2.75) is 22.6 Å². The summed E-state index contributed by atoms with van der Waals surface area (Å²) in [6, 6.07) is 11.0. The van der Waals surface area contributed by atoms with E-state index in [1.807, 2.05) is 0 Å². The third-order valence-electron chi connectivity index (χ3n) is 7.40. The summed E-state index contributed by atoms with van der Waals surface area (Å²) in [5, 5.41) is 15.9. The molecule has 14 heteroatoms. The van der Waals surface area contributed by atoms with Gasteiger partial charge >= 0.3 is 0 Å². The Balaban J connectivity index is 1.44. The normalized spacial score (nSPS) is 15.8. The molecule has 1 saturated heterocycles. The molecule has 3 heterocycles. The fraction of sp³-hybridized carbons (Fsp3) is 0.310. The average molecular weight is 609 g/mol. The number of piperidine rings is 1. The molecule has 0 spiro atoms. The van der Waals surface area contributed by atoms with E-state index in [2.05, 4.69) is 20.2 Å². The molecule has 1 aliphatic rings. The van der Waals surface area contributed by atoms with E-state index in [1.165, 1.54) is 36.5 Å². The Labute approximate surface area is 248 Å². The second-order valence-electron chi connectivity index (χ2n) is 10.3. The van der Waals surface area contributed by atoms with E-state index >= 15 is 0 Å². The SMILES string of the molecule is COCCN1CCCC(CNc2ccc(S(=O)(=O)c3cccc(C(N)=O)c3Oc3cnc4[nH]ccc4c3)cc2[N+](=O)[O-])C1. The van der Waals surface area contributed by atoms with Crippen LogP contribution in [0.4, 0.5) is 11.4 Å². The number of hydrogen-bond acceptors (Lipinski definition) is 10. The van der Waals surface area contributed by atoms with Crippen LogP contribution in [0.3, 0.4) is 0 Å². The number of anilines is 1. The molecule has 13 nitrogen and oxygen atoms in total. The van der Waals surface area contributed by atoms with Crippen molar-refractivity contribution in [1.82, 2.24) is 14.9 Å². The van der Waals surface area contributed by atoms with Gasteiger partial charge in [0.2, 0.25) is 9.84 Å². The number of fused-ring (bicyclic) bond motifs is 1. The van der Waals surface area contributed by atoms with Gasteiger partial charge in [0.1, 0.15) is 22.0 Å². The van der Waals surface area contributed by atoms with Gasteiger partial charge in [-0.25, -0.2) is 13.4 Å². The lowest BCUT2D eigenvalue weighted by molar-refractivity contribution is -0.384. The summed E-state index contributed by atoms with van der Waals surface area (Å²) in [6.07, 6.45) is 5.05. The number of aromatic amines is 1. The van der Waals surface area contributed by atoms with Gasteiger partial charge in [0, 0.05) is 44.4 Å². The summed E-state index contributed by atoms with van der Waals surface area (Å²) in [5.74, 6) is -0.764. The number of hydrogen-bond donors (Lipinski definition) is 3. The Kier molecular flexibility index (Phi) is 8.89. The van der Waals surface area contributed by atoms with Gasteiger partial charge < -0.3 is 30.4 Å². The van der Waals surface area contributed by atoms with Crippen molar-refractivity contribution < 1.29 is 27.6 Å². The number of ether oxygens (including phenoxy) is 2. The van der Waals surface area contributed by atoms with Crippen molar-refractivity contribution in [3.8, 4) is 11.5 Å². The molecule has 4 aromatic rings. The van der Waals surface area contributed by atoms with Crippen molar-refractivity contribution in [2.24, 2.45) is 11.7 Å². The fourth-order valence-corrected chi connectivity index (χ4v) is 6.64.